The van der Waals surface area contributed by atoms with E-state index >= 15 is 0 Å². The number of anilines is 1. The van der Waals surface area contributed by atoms with Gasteiger partial charge in [-0.1, -0.05) is 6.07 Å². The zero-order valence-electron chi connectivity index (χ0n) is 10.0. The maximum absolute atomic E-state index is 5.29. The Morgan fingerprint density at radius 1 is 1.00 bits per heavy atom. The van der Waals surface area contributed by atoms with Gasteiger partial charge in [0.25, 0.3) is 0 Å². The third-order valence-corrected chi connectivity index (χ3v) is 1.93. The van der Waals surface area contributed by atoms with E-state index in [0.717, 1.165) is 17.2 Å². The van der Waals surface area contributed by atoms with E-state index in [1.165, 1.54) is 0 Å². The number of methoxy groups -OCH3 is 2. The highest BCUT2D eigenvalue weighted by Gasteiger charge is 2.16. The second-order valence-corrected chi connectivity index (χ2v) is 4.41. The zero-order valence-corrected chi connectivity index (χ0v) is 10.0. The second-order valence-electron chi connectivity index (χ2n) is 4.41. The minimum atomic E-state index is -0.0259. The molecule has 0 aromatic heterocycles. The van der Waals surface area contributed by atoms with Crippen LogP contribution in [0.4, 0.5) is 5.69 Å². The van der Waals surface area contributed by atoms with Crippen LogP contribution in [0.25, 0.3) is 0 Å². The van der Waals surface area contributed by atoms with Gasteiger partial charge in [-0.25, -0.2) is 0 Å². The van der Waals surface area contributed by atoms with Crippen molar-refractivity contribution in [2.24, 2.45) is 0 Å². The lowest BCUT2D eigenvalue weighted by Crippen LogP contribution is -2.26. The molecule has 0 aliphatic carbocycles. The lowest BCUT2D eigenvalue weighted by Gasteiger charge is -2.25. The van der Waals surface area contributed by atoms with Crippen LogP contribution in [0.2, 0.25) is 0 Å². The first-order chi connectivity index (χ1) is 6.98. The Balaban J connectivity index is 3.11. The standard InChI is InChI=1S/C12H19NO2/c1-12(2,3)13-11-9(14-4)7-6-8-10(11)15-5/h6-8,13H,1-5H3. The van der Waals surface area contributed by atoms with E-state index < -0.39 is 0 Å². The van der Waals surface area contributed by atoms with Crippen LogP contribution in [0.3, 0.4) is 0 Å². The summed E-state index contributed by atoms with van der Waals surface area (Å²) in [6.45, 7) is 6.29. The summed E-state index contributed by atoms with van der Waals surface area (Å²) >= 11 is 0. The molecule has 1 rings (SSSR count). The summed E-state index contributed by atoms with van der Waals surface area (Å²) < 4.78 is 10.6. The summed E-state index contributed by atoms with van der Waals surface area (Å²) in [6.07, 6.45) is 0. The number of ether oxygens (including phenoxy) is 2. The van der Waals surface area contributed by atoms with Crippen molar-refractivity contribution >= 4 is 5.69 Å². The van der Waals surface area contributed by atoms with Crippen LogP contribution in [0.5, 0.6) is 11.5 Å². The van der Waals surface area contributed by atoms with Crippen LogP contribution in [0.15, 0.2) is 18.2 Å². The summed E-state index contributed by atoms with van der Waals surface area (Å²) in [7, 11) is 3.31. The largest absolute Gasteiger partial charge is 0.494 e. The molecule has 15 heavy (non-hydrogen) atoms. The summed E-state index contributed by atoms with van der Waals surface area (Å²) in [5.74, 6) is 1.59. The van der Waals surface area contributed by atoms with E-state index in [4.69, 9.17) is 9.47 Å². The maximum atomic E-state index is 5.29. The Morgan fingerprint density at radius 3 is 1.80 bits per heavy atom. The summed E-state index contributed by atoms with van der Waals surface area (Å²) in [5, 5.41) is 3.37. The number of hydrogen-bond acceptors (Lipinski definition) is 3. The fourth-order valence-corrected chi connectivity index (χ4v) is 1.35. The van der Waals surface area contributed by atoms with Crippen molar-refractivity contribution in [3.63, 3.8) is 0 Å². The molecule has 0 fully saturated rings. The van der Waals surface area contributed by atoms with Crippen molar-refractivity contribution in [1.82, 2.24) is 0 Å². The van der Waals surface area contributed by atoms with Gasteiger partial charge in [0, 0.05) is 5.54 Å². The topological polar surface area (TPSA) is 30.5 Å². The van der Waals surface area contributed by atoms with Crippen molar-refractivity contribution in [2.45, 2.75) is 26.3 Å². The van der Waals surface area contributed by atoms with Crippen LogP contribution in [-0.4, -0.2) is 19.8 Å². The Labute approximate surface area is 91.4 Å². The van der Waals surface area contributed by atoms with Crippen LogP contribution < -0.4 is 14.8 Å². The molecule has 0 amide bonds. The van der Waals surface area contributed by atoms with E-state index in [2.05, 4.69) is 26.1 Å². The Kier molecular flexibility index (Phi) is 3.45. The van der Waals surface area contributed by atoms with Crippen LogP contribution in [0.1, 0.15) is 20.8 Å². The number of para-hydroxylation sites is 1. The molecule has 0 unspecified atom stereocenters. The first-order valence-corrected chi connectivity index (χ1v) is 4.97. The quantitative estimate of drug-likeness (QED) is 0.830. The van der Waals surface area contributed by atoms with Crippen molar-refractivity contribution in [2.75, 3.05) is 19.5 Å². The molecule has 0 heterocycles. The van der Waals surface area contributed by atoms with Crippen molar-refractivity contribution in [3.05, 3.63) is 18.2 Å². The third kappa shape index (κ3) is 3.05. The molecule has 0 saturated heterocycles. The molecule has 0 atom stereocenters. The minimum absolute atomic E-state index is 0.0259. The molecule has 0 radical (unpaired) electrons. The number of benzene rings is 1. The monoisotopic (exact) mass is 209 g/mol. The number of hydrogen-bond donors (Lipinski definition) is 1. The van der Waals surface area contributed by atoms with Gasteiger partial charge in [-0.3, -0.25) is 0 Å². The molecule has 0 bridgehead atoms. The maximum Gasteiger partial charge on any atom is 0.145 e. The lowest BCUT2D eigenvalue weighted by molar-refractivity contribution is 0.395. The van der Waals surface area contributed by atoms with Crippen LogP contribution >= 0.6 is 0 Å². The zero-order chi connectivity index (χ0) is 11.5. The molecule has 1 aromatic rings. The second kappa shape index (κ2) is 4.43. The highest BCUT2D eigenvalue weighted by molar-refractivity contribution is 5.67. The van der Waals surface area contributed by atoms with E-state index in [1.807, 2.05) is 18.2 Å². The predicted molar refractivity (Wildman–Crippen MR) is 62.9 cm³/mol. The van der Waals surface area contributed by atoms with Gasteiger partial charge < -0.3 is 14.8 Å². The van der Waals surface area contributed by atoms with Crippen LogP contribution in [-0.2, 0) is 0 Å². The van der Waals surface area contributed by atoms with Gasteiger partial charge in [0.1, 0.15) is 17.2 Å². The van der Waals surface area contributed by atoms with Crippen molar-refractivity contribution in [3.8, 4) is 11.5 Å². The summed E-state index contributed by atoms with van der Waals surface area (Å²) in [5.41, 5.74) is 0.872. The van der Waals surface area contributed by atoms with E-state index in [-0.39, 0.29) is 5.54 Å². The van der Waals surface area contributed by atoms with Crippen molar-refractivity contribution in [1.29, 1.82) is 0 Å². The van der Waals surface area contributed by atoms with Gasteiger partial charge in [-0.05, 0) is 32.9 Å². The van der Waals surface area contributed by atoms with Crippen molar-refractivity contribution < 1.29 is 9.47 Å². The molecule has 1 aromatic carbocycles. The highest BCUT2D eigenvalue weighted by Crippen LogP contribution is 2.35. The van der Waals surface area contributed by atoms with Gasteiger partial charge in [0.2, 0.25) is 0 Å². The molecule has 0 spiro atoms. The molecule has 0 aliphatic heterocycles. The molecular weight excluding hydrogens is 190 g/mol. The van der Waals surface area contributed by atoms with Gasteiger partial charge in [0.05, 0.1) is 14.2 Å². The highest BCUT2D eigenvalue weighted by atomic mass is 16.5. The van der Waals surface area contributed by atoms with E-state index in [9.17, 15) is 0 Å². The average Bonchev–Trinajstić information content (AvgIpc) is 2.16. The first-order valence-electron chi connectivity index (χ1n) is 4.97. The van der Waals surface area contributed by atoms with Crippen LogP contribution in [0, 0.1) is 0 Å². The number of nitrogens with one attached hydrogen (secondary N) is 1. The fourth-order valence-electron chi connectivity index (χ4n) is 1.35. The molecule has 1 N–H and O–H groups in total. The first kappa shape index (κ1) is 11.7. The molecular formula is C12H19NO2. The molecule has 84 valence electrons. The predicted octanol–water partition coefficient (Wildman–Crippen LogP) is 2.91. The van der Waals surface area contributed by atoms with Gasteiger partial charge in [-0.2, -0.15) is 0 Å². The molecule has 3 nitrogen and oxygen atoms in total. The smallest absolute Gasteiger partial charge is 0.145 e. The molecule has 0 aliphatic rings. The SMILES string of the molecule is COc1cccc(OC)c1NC(C)(C)C. The summed E-state index contributed by atoms with van der Waals surface area (Å²) in [6, 6.07) is 5.73. The third-order valence-electron chi connectivity index (χ3n) is 1.93. The molecule has 3 heteroatoms. The lowest BCUT2D eigenvalue weighted by atomic mass is 10.1. The van der Waals surface area contributed by atoms with E-state index in [0.29, 0.717) is 0 Å². The normalized spacial score (nSPS) is 11.0. The minimum Gasteiger partial charge on any atom is -0.494 e. The number of rotatable bonds is 3. The fraction of sp³-hybridized carbons (Fsp3) is 0.500. The van der Waals surface area contributed by atoms with Gasteiger partial charge in [-0.15, -0.1) is 0 Å². The average molecular weight is 209 g/mol. The molecule has 0 saturated carbocycles. The van der Waals surface area contributed by atoms with E-state index in [1.54, 1.807) is 14.2 Å². The Morgan fingerprint density at radius 2 is 1.47 bits per heavy atom. The Bertz CT molecular complexity index is 307. The summed E-state index contributed by atoms with van der Waals surface area (Å²) in [4.78, 5) is 0. The Hall–Kier alpha value is -1.38. The van der Waals surface area contributed by atoms with Gasteiger partial charge in [0.15, 0.2) is 0 Å². The van der Waals surface area contributed by atoms with Gasteiger partial charge >= 0.3 is 0 Å².